The van der Waals surface area contributed by atoms with Gasteiger partial charge in [0.25, 0.3) is 0 Å². The summed E-state index contributed by atoms with van der Waals surface area (Å²) in [4.78, 5) is 30.9. The number of carboxylic acids is 1. The molecular weight excluding hydrogens is 588 g/mol. The maximum absolute atomic E-state index is 12.1. The van der Waals surface area contributed by atoms with Gasteiger partial charge in [-0.1, -0.05) is 60.7 Å². The smallest absolute Gasteiger partial charge is 0.335 e. The molecule has 238 valence electrons. The van der Waals surface area contributed by atoms with Crippen molar-refractivity contribution in [3.8, 4) is 0 Å². The van der Waals surface area contributed by atoms with Gasteiger partial charge in [0, 0.05) is 38.7 Å². The number of aryl methyl sites for hydroxylation is 1. The predicted octanol–water partition coefficient (Wildman–Crippen LogP) is 3.96. The van der Waals surface area contributed by atoms with Crippen molar-refractivity contribution in [3.63, 3.8) is 0 Å². The number of fused-ring (bicyclic) bond motifs is 2. The molecule has 3 aromatic heterocycles. The molecule has 0 bridgehead atoms. The number of ether oxygens (including phenoxy) is 3. The lowest BCUT2D eigenvalue weighted by Gasteiger charge is -2.23. The topological polar surface area (TPSA) is 150 Å². The van der Waals surface area contributed by atoms with Crippen molar-refractivity contribution in [1.29, 1.82) is 0 Å². The van der Waals surface area contributed by atoms with Crippen LogP contribution in [0.4, 0.5) is 11.8 Å². The van der Waals surface area contributed by atoms with E-state index >= 15 is 0 Å². The number of hydrogen-bond acceptors (Lipinski definition) is 10. The lowest BCUT2D eigenvalue weighted by atomic mass is 9.91. The number of benzene rings is 2. The van der Waals surface area contributed by atoms with Gasteiger partial charge in [-0.2, -0.15) is 9.97 Å². The standard InChI is InChI=1S/C33H36N8O5/c1-33(2)45-25-26(46-33)30(44-27(25)31(42)43)41-19-37-24-28(38-32(39-29(24)41)34-15-14-22-17-40(3)18-36-22)35-16-23(20-10-6-4-7-11-20)21-12-8-5-9-13-21/h4-13,17-19,23,25-27,30H,14-16H2,1-3H3,(H,42,43)(H2,34,35,38,39)/t25-,26+,27-,30+/m0/s1. The minimum atomic E-state index is -1.21. The van der Waals surface area contributed by atoms with Crippen LogP contribution in [0.5, 0.6) is 0 Å². The Morgan fingerprint density at radius 2 is 1.65 bits per heavy atom. The maximum atomic E-state index is 12.1. The number of imidazole rings is 2. The minimum absolute atomic E-state index is 0.0385. The van der Waals surface area contributed by atoms with E-state index in [1.54, 1.807) is 31.1 Å². The lowest BCUT2D eigenvalue weighted by Crippen LogP contribution is -2.35. The van der Waals surface area contributed by atoms with Crippen molar-refractivity contribution in [1.82, 2.24) is 29.1 Å². The highest BCUT2D eigenvalue weighted by molar-refractivity contribution is 5.84. The van der Waals surface area contributed by atoms with Gasteiger partial charge in [-0.25, -0.2) is 14.8 Å². The van der Waals surface area contributed by atoms with Gasteiger partial charge < -0.3 is 34.5 Å². The van der Waals surface area contributed by atoms with E-state index in [-0.39, 0.29) is 5.92 Å². The fourth-order valence-corrected chi connectivity index (χ4v) is 6.20. The second kappa shape index (κ2) is 12.2. The SMILES string of the molecule is Cn1cnc(CCNc2nc(NCC(c3ccccc3)c3ccccc3)c3ncn([C@@H]4O[C@H](C(=O)O)[C@H]5OC(C)(C)O[C@H]54)c3n2)c1. The molecule has 0 amide bonds. The fraction of sp³-hybridized carbons (Fsp3) is 0.364. The zero-order chi connectivity index (χ0) is 31.8. The number of nitrogens with zero attached hydrogens (tertiary/aromatic N) is 6. The highest BCUT2D eigenvalue weighted by Gasteiger charge is 2.58. The number of anilines is 2. The molecule has 46 heavy (non-hydrogen) atoms. The first kappa shape index (κ1) is 29.8. The van der Waals surface area contributed by atoms with E-state index in [4.69, 9.17) is 24.2 Å². The van der Waals surface area contributed by atoms with Crippen LogP contribution in [0.25, 0.3) is 11.2 Å². The molecule has 0 unspecified atom stereocenters. The Morgan fingerprint density at radius 1 is 0.957 bits per heavy atom. The molecule has 0 radical (unpaired) electrons. The van der Waals surface area contributed by atoms with Gasteiger partial charge >= 0.3 is 5.97 Å². The highest BCUT2D eigenvalue weighted by atomic mass is 16.8. The van der Waals surface area contributed by atoms with Crippen LogP contribution in [0.3, 0.4) is 0 Å². The van der Waals surface area contributed by atoms with Gasteiger partial charge in [-0.05, 0) is 25.0 Å². The molecule has 13 nitrogen and oxygen atoms in total. The van der Waals surface area contributed by atoms with E-state index in [2.05, 4.69) is 44.9 Å². The number of nitrogens with one attached hydrogen (secondary N) is 2. The van der Waals surface area contributed by atoms with Gasteiger partial charge in [0.05, 0.1) is 18.3 Å². The molecule has 2 aromatic carbocycles. The Kier molecular flexibility index (Phi) is 7.89. The largest absolute Gasteiger partial charge is 0.479 e. The van der Waals surface area contributed by atoms with Crippen LogP contribution in [0.1, 0.15) is 42.8 Å². The van der Waals surface area contributed by atoms with Crippen LogP contribution in [0, 0.1) is 0 Å². The van der Waals surface area contributed by atoms with Crippen LogP contribution in [-0.4, -0.2) is 77.3 Å². The summed E-state index contributed by atoms with van der Waals surface area (Å²) < 4.78 is 21.8. The van der Waals surface area contributed by atoms with E-state index in [1.807, 2.05) is 54.2 Å². The maximum Gasteiger partial charge on any atom is 0.335 e. The van der Waals surface area contributed by atoms with Crippen molar-refractivity contribution >= 4 is 28.9 Å². The number of hydrogen-bond donors (Lipinski definition) is 3. The van der Waals surface area contributed by atoms with Crippen molar-refractivity contribution in [3.05, 3.63) is 96.3 Å². The first-order valence-electron chi connectivity index (χ1n) is 15.3. The Balaban J connectivity index is 1.23. The van der Waals surface area contributed by atoms with Crippen LogP contribution < -0.4 is 10.6 Å². The zero-order valence-electron chi connectivity index (χ0n) is 25.8. The lowest BCUT2D eigenvalue weighted by molar-refractivity contribution is -0.202. The predicted molar refractivity (Wildman–Crippen MR) is 169 cm³/mol. The monoisotopic (exact) mass is 624 g/mol. The number of carbonyl (C=O) groups is 1. The molecular formula is C33H36N8O5. The van der Waals surface area contributed by atoms with E-state index in [0.29, 0.717) is 42.4 Å². The first-order valence-corrected chi connectivity index (χ1v) is 15.3. The van der Waals surface area contributed by atoms with Crippen molar-refractivity contribution < 1.29 is 24.1 Å². The van der Waals surface area contributed by atoms with E-state index in [0.717, 1.165) is 16.8 Å². The quantitative estimate of drug-likeness (QED) is 0.196. The number of aromatic nitrogens is 6. The van der Waals surface area contributed by atoms with Crippen molar-refractivity contribution in [2.24, 2.45) is 7.05 Å². The van der Waals surface area contributed by atoms with Crippen LogP contribution in [0.15, 0.2) is 79.5 Å². The molecule has 0 spiro atoms. The van der Waals surface area contributed by atoms with Gasteiger partial charge in [0.2, 0.25) is 5.95 Å². The summed E-state index contributed by atoms with van der Waals surface area (Å²) in [7, 11) is 1.93. The van der Waals surface area contributed by atoms with Crippen LogP contribution in [-0.2, 0) is 32.5 Å². The Morgan fingerprint density at radius 3 is 2.30 bits per heavy atom. The third kappa shape index (κ3) is 5.91. The summed E-state index contributed by atoms with van der Waals surface area (Å²) in [6.07, 6.45) is 2.50. The molecule has 2 aliphatic heterocycles. The molecule has 13 heteroatoms. The average molecular weight is 625 g/mol. The fourth-order valence-electron chi connectivity index (χ4n) is 6.20. The molecule has 2 saturated heterocycles. The summed E-state index contributed by atoms with van der Waals surface area (Å²) in [6, 6.07) is 20.6. The third-order valence-electron chi connectivity index (χ3n) is 8.27. The van der Waals surface area contributed by atoms with E-state index < -0.39 is 36.3 Å². The van der Waals surface area contributed by atoms with Gasteiger partial charge in [0.1, 0.15) is 12.2 Å². The molecule has 4 atom stereocenters. The normalized spacial score (nSPS) is 21.9. The van der Waals surface area contributed by atoms with E-state index in [1.165, 1.54) is 0 Å². The number of carboxylic acid groups (broad SMARTS) is 1. The summed E-state index contributed by atoms with van der Waals surface area (Å²) >= 11 is 0. The molecule has 0 aliphatic carbocycles. The summed E-state index contributed by atoms with van der Waals surface area (Å²) in [5, 5.41) is 16.8. The summed E-state index contributed by atoms with van der Waals surface area (Å²) in [5.74, 6) is -1.13. The second-order valence-electron chi connectivity index (χ2n) is 12.0. The zero-order valence-corrected chi connectivity index (χ0v) is 25.8. The van der Waals surface area contributed by atoms with Crippen molar-refractivity contribution in [2.75, 3.05) is 23.7 Å². The van der Waals surface area contributed by atoms with E-state index in [9.17, 15) is 9.90 Å². The molecule has 2 fully saturated rings. The first-order chi connectivity index (χ1) is 22.3. The number of rotatable bonds is 11. The molecule has 3 N–H and O–H groups in total. The van der Waals surface area contributed by atoms with Gasteiger partial charge in [0.15, 0.2) is 35.1 Å². The van der Waals surface area contributed by atoms with Crippen LogP contribution >= 0.6 is 0 Å². The second-order valence-corrected chi connectivity index (χ2v) is 12.0. The average Bonchev–Trinajstić information content (AvgIpc) is 3.81. The van der Waals surface area contributed by atoms with Gasteiger partial charge in [-0.3, -0.25) is 4.57 Å². The highest BCUT2D eigenvalue weighted by Crippen LogP contribution is 2.44. The van der Waals surface area contributed by atoms with Gasteiger partial charge in [-0.15, -0.1) is 0 Å². The Bertz CT molecular complexity index is 1790. The van der Waals surface area contributed by atoms with Crippen LogP contribution in [0.2, 0.25) is 0 Å². The molecule has 0 saturated carbocycles. The molecule has 7 rings (SSSR count). The summed E-state index contributed by atoms with van der Waals surface area (Å²) in [5.41, 5.74) is 4.26. The summed E-state index contributed by atoms with van der Waals surface area (Å²) in [6.45, 7) is 4.61. The third-order valence-corrected chi connectivity index (χ3v) is 8.27. The Hall–Kier alpha value is -4.85. The van der Waals surface area contributed by atoms with Crippen molar-refractivity contribution in [2.45, 2.75) is 56.5 Å². The Labute approximate surface area is 265 Å². The number of aliphatic carboxylic acids is 1. The minimum Gasteiger partial charge on any atom is -0.479 e. The molecule has 5 heterocycles. The molecule has 5 aromatic rings. The molecule has 2 aliphatic rings.